The second-order valence-corrected chi connectivity index (χ2v) is 11.1. The van der Waals surface area contributed by atoms with E-state index in [0.717, 1.165) is 11.3 Å². The largest absolute Gasteiger partial charge is 0.444 e. The molecule has 2 aromatic carbocycles. The molecule has 0 radical (unpaired) electrons. The van der Waals surface area contributed by atoms with Crippen LogP contribution in [0.4, 0.5) is 32.3 Å². The zero-order valence-corrected chi connectivity index (χ0v) is 23.7. The number of hydrogen-bond acceptors (Lipinski definition) is 7. The van der Waals surface area contributed by atoms with Crippen LogP contribution in [0.3, 0.4) is 0 Å². The van der Waals surface area contributed by atoms with Crippen LogP contribution in [0.2, 0.25) is 0 Å². The first-order valence-electron chi connectivity index (χ1n) is 12.6. The molecule has 39 heavy (non-hydrogen) atoms. The molecule has 0 saturated carbocycles. The number of nitrogens with one attached hydrogen (secondary N) is 3. The van der Waals surface area contributed by atoms with E-state index in [9.17, 15) is 14.4 Å². The van der Waals surface area contributed by atoms with Gasteiger partial charge in [0, 0.05) is 16.9 Å². The fraction of sp³-hybridized carbons (Fsp3) is 0.333. The van der Waals surface area contributed by atoms with Crippen molar-refractivity contribution in [1.29, 1.82) is 0 Å². The van der Waals surface area contributed by atoms with Crippen LogP contribution >= 0.6 is 0 Å². The van der Waals surface area contributed by atoms with E-state index in [2.05, 4.69) is 20.9 Å². The summed E-state index contributed by atoms with van der Waals surface area (Å²) in [7, 11) is 0. The van der Waals surface area contributed by atoms with Gasteiger partial charge in [-0.05, 0) is 97.4 Å². The number of carbonyl (C=O) groups excluding carboxylic acids is 3. The smallest absolute Gasteiger partial charge is 0.412 e. The number of Topliss-reactive ketones (excluding diaryl/α,β-unsaturated/α-hetero) is 1. The molecule has 0 aromatic heterocycles. The molecule has 9 nitrogen and oxygen atoms in total. The minimum Gasteiger partial charge on any atom is -0.444 e. The Hall–Kier alpha value is -4.40. The molecule has 2 amide bonds. The number of ketones is 1. The van der Waals surface area contributed by atoms with E-state index in [0.29, 0.717) is 28.3 Å². The predicted octanol–water partition coefficient (Wildman–Crippen LogP) is 7.10. The quantitative estimate of drug-likeness (QED) is 0.354. The van der Waals surface area contributed by atoms with Gasteiger partial charge in [0.1, 0.15) is 16.9 Å². The second kappa shape index (κ2) is 11.6. The first-order chi connectivity index (χ1) is 18.1. The highest BCUT2D eigenvalue weighted by Gasteiger charge is 2.24. The highest BCUT2D eigenvalue weighted by Crippen LogP contribution is 2.35. The van der Waals surface area contributed by atoms with Gasteiger partial charge in [0.15, 0.2) is 0 Å². The number of aryl methyl sites for hydroxylation is 1. The zero-order chi connectivity index (χ0) is 29.0. The van der Waals surface area contributed by atoms with E-state index in [-0.39, 0.29) is 11.5 Å². The SMILES string of the molecule is CC1=C(NC(=O)OC(C)(C)C)C=CC(=Nc2cc(C)c(NC(=O)OC(C)(C)C)cc2Nc2ccccc2)C1=O. The molecule has 0 spiro atoms. The zero-order valence-electron chi connectivity index (χ0n) is 23.7. The second-order valence-electron chi connectivity index (χ2n) is 11.1. The summed E-state index contributed by atoms with van der Waals surface area (Å²) in [5, 5.41) is 8.73. The van der Waals surface area contributed by atoms with Crippen molar-refractivity contribution < 1.29 is 23.9 Å². The van der Waals surface area contributed by atoms with Gasteiger partial charge in [-0.25, -0.2) is 14.6 Å². The molecule has 1 aliphatic rings. The molecule has 3 rings (SSSR count). The number of nitrogens with zero attached hydrogens (tertiary/aromatic N) is 1. The Morgan fingerprint density at radius 1 is 0.795 bits per heavy atom. The van der Waals surface area contributed by atoms with Crippen LogP contribution in [0.15, 0.2) is 70.9 Å². The molecule has 0 heterocycles. The third-order valence-electron chi connectivity index (χ3n) is 5.29. The minimum atomic E-state index is -0.669. The van der Waals surface area contributed by atoms with Gasteiger partial charge in [-0.2, -0.15) is 0 Å². The Morgan fingerprint density at radius 3 is 1.97 bits per heavy atom. The Kier molecular flexibility index (Phi) is 8.64. The van der Waals surface area contributed by atoms with Crippen LogP contribution in [-0.4, -0.2) is 34.9 Å². The molecule has 0 aliphatic heterocycles. The molecule has 1 aliphatic carbocycles. The lowest BCUT2D eigenvalue weighted by molar-refractivity contribution is -0.109. The van der Waals surface area contributed by atoms with Gasteiger partial charge in [-0.3, -0.25) is 15.4 Å². The molecular formula is C30H36N4O5. The number of hydrogen-bond donors (Lipinski definition) is 3. The number of amides is 2. The number of benzene rings is 2. The Morgan fingerprint density at radius 2 is 1.38 bits per heavy atom. The molecule has 0 saturated heterocycles. The fourth-order valence-corrected chi connectivity index (χ4v) is 3.55. The first kappa shape index (κ1) is 29.2. The number of rotatable bonds is 5. The maximum Gasteiger partial charge on any atom is 0.412 e. The highest BCUT2D eigenvalue weighted by molar-refractivity contribution is 6.51. The third kappa shape index (κ3) is 8.56. The van der Waals surface area contributed by atoms with Crippen molar-refractivity contribution in [3.8, 4) is 0 Å². The molecule has 206 valence electrons. The van der Waals surface area contributed by atoms with Gasteiger partial charge in [-0.1, -0.05) is 18.2 Å². The van der Waals surface area contributed by atoms with Crippen LogP contribution in [0.25, 0.3) is 0 Å². The average molecular weight is 533 g/mol. The Bertz CT molecular complexity index is 1360. The van der Waals surface area contributed by atoms with Crippen LogP contribution < -0.4 is 16.0 Å². The van der Waals surface area contributed by atoms with E-state index >= 15 is 0 Å². The van der Waals surface area contributed by atoms with Crippen molar-refractivity contribution in [1.82, 2.24) is 5.32 Å². The molecule has 0 unspecified atom stereocenters. The van der Waals surface area contributed by atoms with Crippen LogP contribution in [0.1, 0.15) is 54.0 Å². The monoisotopic (exact) mass is 532 g/mol. The van der Waals surface area contributed by atoms with Crippen molar-refractivity contribution in [3.63, 3.8) is 0 Å². The number of carbonyl (C=O) groups is 3. The van der Waals surface area contributed by atoms with Gasteiger partial charge >= 0.3 is 12.2 Å². The van der Waals surface area contributed by atoms with Crippen molar-refractivity contribution in [2.24, 2.45) is 4.99 Å². The Balaban J connectivity index is 1.94. The number of aliphatic imine (C=N–C) groups is 1. The molecule has 2 aromatic rings. The van der Waals surface area contributed by atoms with E-state index in [1.54, 1.807) is 72.8 Å². The van der Waals surface area contributed by atoms with E-state index in [1.807, 2.05) is 37.3 Å². The predicted molar refractivity (Wildman–Crippen MR) is 154 cm³/mol. The maximum absolute atomic E-state index is 13.2. The lowest BCUT2D eigenvalue weighted by Crippen LogP contribution is -2.34. The summed E-state index contributed by atoms with van der Waals surface area (Å²) in [6, 6.07) is 13.0. The van der Waals surface area contributed by atoms with Crippen molar-refractivity contribution in [2.45, 2.75) is 66.6 Å². The van der Waals surface area contributed by atoms with Gasteiger partial charge in [-0.15, -0.1) is 0 Å². The molecule has 9 heteroatoms. The maximum atomic E-state index is 13.2. The third-order valence-corrected chi connectivity index (χ3v) is 5.29. The minimum absolute atomic E-state index is 0.200. The van der Waals surface area contributed by atoms with Crippen LogP contribution in [0, 0.1) is 6.92 Å². The summed E-state index contributed by atoms with van der Waals surface area (Å²) >= 11 is 0. The van der Waals surface area contributed by atoms with E-state index in [1.165, 1.54) is 0 Å². The fourth-order valence-electron chi connectivity index (χ4n) is 3.55. The normalized spacial score (nSPS) is 14.8. The van der Waals surface area contributed by atoms with Crippen molar-refractivity contribution in [2.75, 3.05) is 10.6 Å². The number of alkyl carbamates (subject to hydrolysis) is 1. The van der Waals surface area contributed by atoms with E-state index < -0.39 is 23.4 Å². The average Bonchev–Trinajstić information content (AvgIpc) is 2.80. The van der Waals surface area contributed by atoms with E-state index in [4.69, 9.17) is 9.47 Å². The standard InChI is InChI=1S/C30H36N4O5/c1-18-16-24(32-22-15-14-21(19(2)26(22)35)33-27(36)38-29(3,4)5)25(31-20-12-10-9-11-13-20)17-23(18)34-28(37)39-30(6,7)8/h9-17,31H,1-8H3,(H,33,36)(H,34,37). The number of ether oxygens (including phenoxy) is 2. The molecular weight excluding hydrogens is 496 g/mol. The highest BCUT2D eigenvalue weighted by atomic mass is 16.6. The van der Waals surface area contributed by atoms with Gasteiger partial charge in [0.05, 0.1) is 17.1 Å². The molecule has 0 fully saturated rings. The van der Waals surface area contributed by atoms with Gasteiger partial charge < -0.3 is 14.8 Å². The summed E-state index contributed by atoms with van der Waals surface area (Å²) < 4.78 is 10.7. The van der Waals surface area contributed by atoms with Gasteiger partial charge in [0.25, 0.3) is 0 Å². The summed E-state index contributed by atoms with van der Waals surface area (Å²) in [6.45, 7) is 14.1. The number of para-hydroxylation sites is 1. The van der Waals surface area contributed by atoms with Crippen LogP contribution in [-0.2, 0) is 14.3 Å². The number of allylic oxidation sites excluding steroid dienone is 3. The number of anilines is 3. The molecule has 3 N–H and O–H groups in total. The lowest BCUT2D eigenvalue weighted by Gasteiger charge is -2.21. The summed E-state index contributed by atoms with van der Waals surface area (Å²) in [5.74, 6) is -0.331. The summed E-state index contributed by atoms with van der Waals surface area (Å²) in [4.78, 5) is 42.5. The Labute approximate surface area is 229 Å². The van der Waals surface area contributed by atoms with Crippen molar-refractivity contribution >= 4 is 46.4 Å². The van der Waals surface area contributed by atoms with Crippen molar-refractivity contribution in [3.05, 3.63) is 71.5 Å². The first-order valence-corrected chi connectivity index (χ1v) is 12.6. The molecule has 0 bridgehead atoms. The van der Waals surface area contributed by atoms with Gasteiger partial charge in [0.2, 0.25) is 5.78 Å². The summed E-state index contributed by atoms with van der Waals surface area (Å²) in [6.07, 6.45) is 1.95. The molecule has 0 atom stereocenters. The summed E-state index contributed by atoms with van der Waals surface area (Å²) in [5.41, 5.74) is 2.71. The topological polar surface area (TPSA) is 118 Å². The van der Waals surface area contributed by atoms with Crippen LogP contribution in [0.5, 0.6) is 0 Å². The lowest BCUT2D eigenvalue weighted by atomic mass is 10.00.